The highest BCUT2D eigenvalue weighted by molar-refractivity contribution is 6.42. The molecule has 0 bridgehead atoms. The molecule has 4 nitrogen and oxygen atoms in total. The predicted molar refractivity (Wildman–Crippen MR) is 120 cm³/mol. The highest BCUT2D eigenvalue weighted by Gasteiger charge is 2.27. The summed E-state index contributed by atoms with van der Waals surface area (Å²) in [7, 11) is 0. The van der Waals surface area contributed by atoms with Gasteiger partial charge in [0.15, 0.2) is 0 Å². The number of nitrogens with zero attached hydrogens (tertiary/aromatic N) is 1. The maximum Gasteiger partial charge on any atom is 0.242 e. The summed E-state index contributed by atoms with van der Waals surface area (Å²) in [5.74, 6) is -0.353. The fourth-order valence-corrected chi connectivity index (χ4v) is 3.21. The van der Waals surface area contributed by atoms with Gasteiger partial charge in [0, 0.05) is 17.6 Å². The van der Waals surface area contributed by atoms with E-state index in [1.54, 1.807) is 42.2 Å². The van der Waals surface area contributed by atoms with Crippen molar-refractivity contribution >= 4 is 46.6 Å². The zero-order valence-corrected chi connectivity index (χ0v) is 19.0. The summed E-state index contributed by atoms with van der Waals surface area (Å²) in [6.45, 7) is 5.91. The van der Waals surface area contributed by atoms with Crippen molar-refractivity contribution in [3.05, 3.63) is 68.7 Å². The van der Waals surface area contributed by atoms with Crippen LogP contribution >= 0.6 is 34.8 Å². The zero-order chi connectivity index (χ0) is 21.6. The number of rotatable bonds is 8. The molecule has 0 spiro atoms. The van der Waals surface area contributed by atoms with Gasteiger partial charge in [-0.3, -0.25) is 9.59 Å². The Balaban J connectivity index is 2.25. The summed E-state index contributed by atoms with van der Waals surface area (Å²) in [4.78, 5) is 27.4. The third-order valence-electron chi connectivity index (χ3n) is 4.77. The molecule has 2 atom stereocenters. The number of carbonyl (C=O) groups is 2. The number of amides is 2. The maximum absolute atomic E-state index is 13.1. The van der Waals surface area contributed by atoms with Crippen LogP contribution in [0.25, 0.3) is 0 Å². The Morgan fingerprint density at radius 3 is 2.17 bits per heavy atom. The van der Waals surface area contributed by atoms with Crippen molar-refractivity contribution in [3.8, 4) is 0 Å². The van der Waals surface area contributed by atoms with Crippen molar-refractivity contribution in [3.63, 3.8) is 0 Å². The number of halogens is 3. The van der Waals surface area contributed by atoms with Gasteiger partial charge >= 0.3 is 0 Å². The van der Waals surface area contributed by atoms with Crippen LogP contribution in [-0.2, 0) is 22.6 Å². The van der Waals surface area contributed by atoms with E-state index in [0.717, 1.165) is 17.5 Å². The van der Waals surface area contributed by atoms with Crippen molar-refractivity contribution in [2.24, 2.45) is 0 Å². The molecule has 0 aromatic heterocycles. The van der Waals surface area contributed by atoms with E-state index in [1.807, 2.05) is 26.0 Å². The first-order valence-corrected chi connectivity index (χ1v) is 10.6. The van der Waals surface area contributed by atoms with E-state index >= 15 is 0 Å². The normalized spacial score (nSPS) is 12.9. The summed E-state index contributed by atoms with van der Waals surface area (Å²) < 4.78 is 0. The molecule has 0 saturated heterocycles. The van der Waals surface area contributed by atoms with E-state index in [2.05, 4.69) is 5.32 Å². The number of hydrogen-bond donors (Lipinski definition) is 1. The number of nitrogens with one attached hydrogen (secondary N) is 1. The minimum Gasteiger partial charge on any atom is -0.352 e. The Hall–Kier alpha value is -1.75. The third kappa shape index (κ3) is 6.91. The molecular formula is C22H25Cl3N2O2. The molecule has 2 aromatic carbocycles. The topological polar surface area (TPSA) is 49.4 Å². The first-order chi connectivity index (χ1) is 13.7. The summed E-state index contributed by atoms with van der Waals surface area (Å²) in [5, 5.41) is 4.40. The van der Waals surface area contributed by atoms with Gasteiger partial charge in [-0.2, -0.15) is 0 Å². The van der Waals surface area contributed by atoms with E-state index in [4.69, 9.17) is 34.8 Å². The second-order valence-corrected chi connectivity index (χ2v) is 8.32. The van der Waals surface area contributed by atoms with Gasteiger partial charge in [-0.05, 0) is 55.7 Å². The molecule has 156 valence electrons. The number of carbonyl (C=O) groups excluding carboxylic acids is 2. The van der Waals surface area contributed by atoms with Crippen molar-refractivity contribution in [1.29, 1.82) is 0 Å². The minimum absolute atomic E-state index is 0.0307. The molecule has 0 heterocycles. The van der Waals surface area contributed by atoms with Gasteiger partial charge in [-0.1, -0.05) is 59.9 Å². The monoisotopic (exact) mass is 454 g/mol. The van der Waals surface area contributed by atoms with E-state index in [9.17, 15) is 9.59 Å². The van der Waals surface area contributed by atoms with Gasteiger partial charge in [-0.25, -0.2) is 0 Å². The molecule has 0 fully saturated rings. The second kappa shape index (κ2) is 10.9. The molecule has 7 heteroatoms. The average Bonchev–Trinajstić information content (AvgIpc) is 2.69. The molecule has 0 aliphatic rings. The van der Waals surface area contributed by atoms with Crippen molar-refractivity contribution in [2.45, 2.75) is 52.2 Å². The predicted octanol–water partition coefficient (Wildman–Crippen LogP) is 5.52. The van der Waals surface area contributed by atoms with Crippen molar-refractivity contribution < 1.29 is 9.59 Å². The van der Waals surface area contributed by atoms with Gasteiger partial charge in [-0.15, -0.1) is 0 Å². The maximum atomic E-state index is 13.1. The van der Waals surface area contributed by atoms with E-state index in [-0.39, 0.29) is 30.8 Å². The SMILES string of the molecule is CC[C@H](C)NC(=O)[C@H](C)N(Cc1ccc(Cl)c(Cl)c1)C(=O)Cc1ccc(Cl)cc1. The van der Waals surface area contributed by atoms with Crippen LogP contribution in [0.15, 0.2) is 42.5 Å². The van der Waals surface area contributed by atoms with Gasteiger partial charge in [0.2, 0.25) is 11.8 Å². The smallest absolute Gasteiger partial charge is 0.242 e. The van der Waals surface area contributed by atoms with Crippen LogP contribution in [0.3, 0.4) is 0 Å². The quantitative estimate of drug-likeness (QED) is 0.569. The molecule has 1 N–H and O–H groups in total. The third-order valence-corrected chi connectivity index (χ3v) is 5.76. The molecule has 0 radical (unpaired) electrons. The fourth-order valence-electron chi connectivity index (χ4n) is 2.76. The van der Waals surface area contributed by atoms with Crippen LogP contribution in [0.4, 0.5) is 0 Å². The summed E-state index contributed by atoms with van der Waals surface area (Å²) in [6.07, 6.45) is 0.976. The average molecular weight is 456 g/mol. The second-order valence-electron chi connectivity index (χ2n) is 7.07. The van der Waals surface area contributed by atoms with E-state index in [0.29, 0.717) is 15.1 Å². The lowest BCUT2D eigenvalue weighted by atomic mass is 10.1. The van der Waals surface area contributed by atoms with Crippen LogP contribution in [0.5, 0.6) is 0 Å². The number of hydrogen-bond acceptors (Lipinski definition) is 2. The molecule has 29 heavy (non-hydrogen) atoms. The summed E-state index contributed by atoms with van der Waals surface area (Å²) >= 11 is 18.1. The summed E-state index contributed by atoms with van der Waals surface area (Å²) in [5.41, 5.74) is 1.63. The molecule has 0 unspecified atom stereocenters. The van der Waals surface area contributed by atoms with Crippen LogP contribution < -0.4 is 5.32 Å². The lowest BCUT2D eigenvalue weighted by molar-refractivity contribution is -0.140. The van der Waals surface area contributed by atoms with E-state index in [1.165, 1.54) is 0 Å². The van der Waals surface area contributed by atoms with Crippen LogP contribution in [-0.4, -0.2) is 28.8 Å². The lowest BCUT2D eigenvalue weighted by Crippen LogP contribution is -2.49. The molecule has 2 aromatic rings. The summed E-state index contributed by atoms with van der Waals surface area (Å²) in [6, 6.07) is 11.7. The van der Waals surface area contributed by atoms with Crippen LogP contribution in [0.2, 0.25) is 15.1 Å². The van der Waals surface area contributed by atoms with E-state index < -0.39 is 6.04 Å². The van der Waals surface area contributed by atoms with Crippen LogP contribution in [0, 0.1) is 0 Å². The standard InChI is InChI=1S/C22H25Cl3N2O2/c1-4-14(2)26-22(29)15(3)27(13-17-7-10-19(24)20(25)11-17)21(28)12-16-5-8-18(23)9-6-16/h5-11,14-15H,4,12-13H2,1-3H3,(H,26,29)/t14-,15-/m0/s1. The molecule has 0 aliphatic carbocycles. The molecule has 2 rings (SSSR count). The molecule has 0 aliphatic heterocycles. The van der Waals surface area contributed by atoms with Gasteiger partial charge in [0.05, 0.1) is 16.5 Å². The largest absolute Gasteiger partial charge is 0.352 e. The highest BCUT2D eigenvalue weighted by Crippen LogP contribution is 2.24. The Labute approximate surface area is 187 Å². The fraction of sp³-hybridized carbons (Fsp3) is 0.364. The lowest BCUT2D eigenvalue weighted by Gasteiger charge is -2.30. The van der Waals surface area contributed by atoms with Gasteiger partial charge < -0.3 is 10.2 Å². The Morgan fingerprint density at radius 1 is 0.966 bits per heavy atom. The van der Waals surface area contributed by atoms with Gasteiger partial charge in [0.25, 0.3) is 0 Å². The Morgan fingerprint density at radius 2 is 1.59 bits per heavy atom. The van der Waals surface area contributed by atoms with Gasteiger partial charge in [0.1, 0.15) is 6.04 Å². The zero-order valence-electron chi connectivity index (χ0n) is 16.7. The first kappa shape index (κ1) is 23.5. The molecule has 2 amide bonds. The minimum atomic E-state index is -0.641. The molecule has 0 saturated carbocycles. The van der Waals surface area contributed by atoms with Crippen molar-refractivity contribution in [1.82, 2.24) is 10.2 Å². The Bertz CT molecular complexity index is 856. The Kier molecular flexibility index (Phi) is 8.81. The van der Waals surface area contributed by atoms with Crippen LogP contribution in [0.1, 0.15) is 38.3 Å². The first-order valence-electron chi connectivity index (χ1n) is 9.49. The number of benzene rings is 2. The highest BCUT2D eigenvalue weighted by atomic mass is 35.5. The molecular weight excluding hydrogens is 431 g/mol. The van der Waals surface area contributed by atoms with Crippen molar-refractivity contribution in [2.75, 3.05) is 0 Å².